The van der Waals surface area contributed by atoms with Gasteiger partial charge in [-0.3, -0.25) is 0 Å². The van der Waals surface area contributed by atoms with Gasteiger partial charge in [-0.1, -0.05) is 54.6 Å². The van der Waals surface area contributed by atoms with E-state index in [0.29, 0.717) is 0 Å². The van der Waals surface area contributed by atoms with Gasteiger partial charge in [-0.25, -0.2) is 0 Å². The van der Waals surface area contributed by atoms with Crippen LogP contribution in [0.5, 0.6) is 0 Å². The summed E-state index contributed by atoms with van der Waals surface area (Å²) in [6, 6.07) is 35.6. The number of hydrogen-bond acceptors (Lipinski definition) is 2. The summed E-state index contributed by atoms with van der Waals surface area (Å²) in [6.07, 6.45) is 3.25. The third kappa shape index (κ3) is 4.07. The van der Waals surface area contributed by atoms with Gasteiger partial charge >= 0.3 is 0 Å². The molecule has 0 saturated heterocycles. The van der Waals surface area contributed by atoms with Crippen LogP contribution in [0.3, 0.4) is 0 Å². The van der Waals surface area contributed by atoms with Crippen LogP contribution in [0, 0.1) is 0 Å². The molecule has 0 aliphatic rings. The maximum Gasteiger partial charge on any atom is 0.117 e. The standard InChI is InChI=1S/C24H22PS2.ClH/c1-26-23-17-18-27-24(23)19-25(20-11-5-2-6-12-20,21-13-7-3-8-14-21)22-15-9-4-10-16-22;/h2-18H,19H2,1H3;1H/q+1;/p-1. The van der Waals surface area contributed by atoms with Crippen LogP contribution < -0.4 is 28.3 Å². The van der Waals surface area contributed by atoms with Gasteiger partial charge in [0.05, 0.1) is 4.88 Å². The predicted octanol–water partition coefficient (Wildman–Crippen LogP) is 2.97. The Morgan fingerprint density at radius 1 is 0.679 bits per heavy atom. The fraction of sp³-hybridized carbons (Fsp3) is 0.0833. The second-order valence-electron chi connectivity index (χ2n) is 6.39. The first-order valence-electron chi connectivity index (χ1n) is 9.00. The summed E-state index contributed by atoms with van der Waals surface area (Å²) in [7, 11) is -1.79. The molecule has 4 aromatic rings. The smallest absolute Gasteiger partial charge is 0.117 e. The van der Waals surface area contributed by atoms with E-state index in [2.05, 4.69) is 109 Å². The van der Waals surface area contributed by atoms with Crippen molar-refractivity contribution in [2.45, 2.75) is 11.1 Å². The average molecular weight is 441 g/mol. The highest BCUT2D eigenvalue weighted by atomic mass is 35.5. The molecular weight excluding hydrogens is 419 g/mol. The summed E-state index contributed by atoms with van der Waals surface area (Å²) in [5.41, 5.74) is 0. The van der Waals surface area contributed by atoms with Crippen molar-refractivity contribution in [1.29, 1.82) is 0 Å². The van der Waals surface area contributed by atoms with Gasteiger partial charge < -0.3 is 12.4 Å². The molecule has 4 rings (SSSR count). The van der Waals surface area contributed by atoms with Crippen LogP contribution in [0.25, 0.3) is 0 Å². The SMILES string of the molecule is CSc1ccsc1C[P+](c1ccccc1)(c1ccccc1)c1ccccc1.[Cl-]. The van der Waals surface area contributed by atoms with Crippen LogP contribution in [0.2, 0.25) is 0 Å². The van der Waals surface area contributed by atoms with Gasteiger partial charge in [-0.05, 0) is 54.1 Å². The summed E-state index contributed by atoms with van der Waals surface area (Å²) < 4.78 is 0. The van der Waals surface area contributed by atoms with E-state index in [-0.39, 0.29) is 12.4 Å². The highest BCUT2D eigenvalue weighted by Crippen LogP contribution is 2.59. The van der Waals surface area contributed by atoms with E-state index < -0.39 is 7.26 Å². The first-order valence-corrected chi connectivity index (χ1v) is 13.1. The second kappa shape index (κ2) is 9.76. The molecule has 3 aromatic carbocycles. The van der Waals surface area contributed by atoms with Crippen LogP contribution in [0.1, 0.15) is 4.88 Å². The summed E-state index contributed by atoms with van der Waals surface area (Å²) >= 11 is 3.75. The molecule has 0 aliphatic heterocycles. The minimum Gasteiger partial charge on any atom is -1.00 e. The zero-order valence-corrected chi connectivity index (χ0v) is 18.9. The van der Waals surface area contributed by atoms with Crippen LogP contribution in [0.15, 0.2) is 107 Å². The maximum absolute atomic E-state index is 2.32. The third-order valence-electron chi connectivity index (χ3n) is 4.90. The average Bonchev–Trinajstić information content (AvgIpc) is 3.21. The fourth-order valence-corrected chi connectivity index (χ4v) is 10.2. The minimum absolute atomic E-state index is 0. The molecule has 28 heavy (non-hydrogen) atoms. The second-order valence-corrected chi connectivity index (χ2v) is 11.7. The van der Waals surface area contributed by atoms with Crippen molar-refractivity contribution in [2.24, 2.45) is 0 Å². The van der Waals surface area contributed by atoms with Crippen molar-refractivity contribution >= 4 is 46.3 Å². The monoisotopic (exact) mass is 440 g/mol. The largest absolute Gasteiger partial charge is 1.00 e. The number of thioether (sulfide) groups is 1. The molecule has 0 aliphatic carbocycles. The van der Waals surface area contributed by atoms with Crippen molar-refractivity contribution in [3.05, 3.63) is 107 Å². The lowest BCUT2D eigenvalue weighted by Gasteiger charge is -2.27. The van der Waals surface area contributed by atoms with Gasteiger partial charge in [-0.15, -0.1) is 23.1 Å². The van der Waals surface area contributed by atoms with Crippen LogP contribution in [-0.2, 0) is 6.16 Å². The lowest BCUT2D eigenvalue weighted by molar-refractivity contribution is -0.00000517. The molecule has 0 spiro atoms. The Morgan fingerprint density at radius 3 is 1.50 bits per heavy atom. The fourth-order valence-electron chi connectivity index (χ4n) is 3.61. The Labute approximate surface area is 182 Å². The maximum atomic E-state index is 2.32. The van der Waals surface area contributed by atoms with Crippen molar-refractivity contribution < 1.29 is 12.4 Å². The number of halogens is 1. The summed E-state index contributed by atoms with van der Waals surface area (Å²) in [5.74, 6) is 0. The van der Waals surface area contributed by atoms with Crippen LogP contribution in [-0.4, -0.2) is 6.26 Å². The highest BCUT2D eigenvalue weighted by Gasteiger charge is 2.46. The number of rotatable bonds is 6. The molecule has 0 bridgehead atoms. The van der Waals surface area contributed by atoms with E-state index in [4.69, 9.17) is 0 Å². The van der Waals surface area contributed by atoms with E-state index in [1.54, 1.807) is 0 Å². The van der Waals surface area contributed by atoms with Crippen molar-refractivity contribution in [2.75, 3.05) is 6.26 Å². The van der Waals surface area contributed by atoms with E-state index in [1.165, 1.54) is 25.7 Å². The molecule has 0 unspecified atom stereocenters. The molecule has 0 N–H and O–H groups in total. The molecular formula is C24H22ClPS2. The molecule has 0 radical (unpaired) electrons. The lowest BCUT2D eigenvalue weighted by atomic mass is 10.4. The zero-order valence-electron chi connectivity index (χ0n) is 15.7. The summed E-state index contributed by atoms with van der Waals surface area (Å²) in [6.45, 7) is 0. The van der Waals surface area contributed by atoms with Crippen LogP contribution in [0.4, 0.5) is 0 Å². The first kappa shape index (κ1) is 21.1. The molecule has 0 fully saturated rings. The molecule has 1 aromatic heterocycles. The summed E-state index contributed by atoms with van der Waals surface area (Å²) in [4.78, 5) is 2.90. The van der Waals surface area contributed by atoms with E-state index >= 15 is 0 Å². The Morgan fingerprint density at radius 2 is 1.11 bits per heavy atom. The lowest BCUT2D eigenvalue weighted by Crippen LogP contribution is -3.00. The zero-order chi connectivity index (χ0) is 18.5. The van der Waals surface area contributed by atoms with Gasteiger partial charge in [0.25, 0.3) is 0 Å². The van der Waals surface area contributed by atoms with E-state index in [1.807, 2.05) is 23.1 Å². The van der Waals surface area contributed by atoms with E-state index in [0.717, 1.165) is 6.16 Å². The highest BCUT2D eigenvalue weighted by molar-refractivity contribution is 7.99. The number of benzene rings is 3. The molecule has 0 saturated carbocycles. The Balaban J connectivity index is 0.00000225. The summed E-state index contributed by atoms with van der Waals surface area (Å²) in [5, 5.41) is 6.57. The molecule has 4 heteroatoms. The normalized spacial score (nSPS) is 11.0. The van der Waals surface area contributed by atoms with E-state index in [9.17, 15) is 0 Å². The quantitative estimate of drug-likeness (QED) is 0.328. The minimum atomic E-state index is -1.79. The molecule has 0 atom stereocenters. The topological polar surface area (TPSA) is 0 Å². The Kier molecular flexibility index (Phi) is 7.37. The van der Waals surface area contributed by atoms with Gasteiger partial charge in [0.2, 0.25) is 0 Å². The van der Waals surface area contributed by atoms with Crippen molar-refractivity contribution in [3.8, 4) is 0 Å². The Bertz CT molecular complexity index is 888. The molecule has 0 amide bonds. The van der Waals surface area contributed by atoms with Gasteiger partial charge in [0, 0.05) is 4.90 Å². The van der Waals surface area contributed by atoms with Gasteiger partial charge in [0.1, 0.15) is 29.3 Å². The van der Waals surface area contributed by atoms with Crippen LogP contribution >= 0.6 is 30.4 Å². The van der Waals surface area contributed by atoms with Gasteiger partial charge in [-0.2, -0.15) is 0 Å². The number of thiophene rings is 1. The molecule has 0 nitrogen and oxygen atoms in total. The molecule has 1 heterocycles. The van der Waals surface area contributed by atoms with Crippen molar-refractivity contribution in [3.63, 3.8) is 0 Å². The Hall–Kier alpha value is -1.57. The van der Waals surface area contributed by atoms with Gasteiger partial charge in [0.15, 0.2) is 0 Å². The third-order valence-corrected chi connectivity index (χ3v) is 11.3. The first-order chi connectivity index (χ1) is 13.3. The predicted molar refractivity (Wildman–Crippen MR) is 125 cm³/mol. The van der Waals surface area contributed by atoms with Crippen molar-refractivity contribution in [1.82, 2.24) is 0 Å². The number of hydrogen-bond donors (Lipinski definition) is 0. The molecule has 142 valence electrons.